The van der Waals surface area contributed by atoms with Crippen molar-refractivity contribution >= 4 is 12.2 Å². The molecule has 0 bridgehead atoms. The van der Waals surface area contributed by atoms with Crippen LogP contribution in [0.25, 0.3) is 0 Å². The molecule has 0 saturated heterocycles. The van der Waals surface area contributed by atoms with Gasteiger partial charge in [0, 0.05) is 0 Å². The number of hydrogen-bond donors (Lipinski definition) is 1. The van der Waals surface area contributed by atoms with Crippen LogP contribution in [0.2, 0.25) is 0 Å². The van der Waals surface area contributed by atoms with Crippen molar-refractivity contribution < 1.29 is 4.39 Å². The SMILES string of the molecule is CC(Cc1ccc(F)cc1)n1[nH]nnc1=S. The second-order valence-corrected chi connectivity index (χ2v) is 4.00. The van der Waals surface area contributed by atoms with Gasteiger partial charge in [-0.1, -0.05) is 22.4 Å². The monoisotopic (exact) mass is 238 g/mol. The highest BCUT2D eigenvalue weighted by Crippen LogP contribution is 2.13. The zero-order chi connectivity index (χ0) is 11.5. The first-order valence-electron chi connectivity index (χ1n) is 4.91. The van der Waals surface area contributed by atoms with Crippen LogP contribution in [0.3, 0.4) is 0 Å². The molecule has 1 aromatic heterocycles. The molecule has 1 heterocycles. The van der Waals surface area contributed by atoms with Gasteiger partial charge in [-0.25, -0.2) is 9.07 Å². The average Bonchev–Trinajstić information content (AvgIpc) is 2.68. The Balaban J connectivity index is 2.14. The number of aromatic amines is 1. The maximum Gasteiger partial charge on any atom is 0.238 e. The van der Waals surface area contributed by atoms with Gasteiger partial charge in [-0.3, -0.25) is 0 Å². The van der Waals surface area contributed by atoms with Gasteiger partial charge in [-0.2, -0.15) is 5.21 Å². The van der Waals surface area contributed by atoms with Crippen LogP contribution in [-0.4, -0.2) is 20.2 Å². The molecule has 0 amide bonds. The van der Waals surface area contributed by atoms with Gasteiger partial charge in [0.15, 0.2) is 0 Å². The number of aromatic nitrogens is 4. The molecule has 0 fully saturated rings. The third-order valence-electron chi connectivity index (χ3n) is 2.38. The normalized spacial score (nSPS) is 12.6. The molecular weight excluding hydrogens is 227 g/mol. The molecule has 2 aromatic rings. The van der Waals surface area contributed by atoms with E-state index >= 15 is 0 Å². The lowest BCUT2D eigenvalue weighted by Crippen LogP contribution is -2.10. The van der Waals surface area contributed by atoms with E-state index in [0.29, 0.717) is 4.77 Å². The standard InChI is InChI=1S/C10H11FN4S/c1-7(15-10(16)12-13-14-15)6-8-2-4-9(11)5-3-8/h2-5,7H,6H2,1H3,(H,12,14,16). The first-order valence-corrected chi connectivity index (χ1v) is 5.31. The van der Waals surface area contributed by atoms with E-state index in [2.05, 4.69) is 15.5 Å². The second-order valence-electron chi connectivity index (χ2n) is 3.63. The lowest BCUT2D eigenvalue weighted by molar-refractivity contribution is 0.469. The highest BCUT2D eigenvalue weighted by atomic mass is 32.1. The van der Waals surface area contributed by atoms with E-state index < -0.39 is 0 Å². The van der Waals surface area contributed by atoms with Crippen molar-refractivity contribution in [3.05, 3.63) is 40.4 Å². The summed E-state index contributed by atoms with van der Waals surface area (Å²) in [5.74, 6) is -0.226. The topological polar surface area (TPSA) is 46.5 Å². The highest BCUT2D eigenvalue weighted by molar-refractivity contribution is 7.71. The third kappa shape index (κ3) is 2.33. The molecule has 0 aliphatic rings. The average molecular weight is 238 g/mol. The third-order valence-corrected chi connectivity index (χ3v) is 2.66. The van der Waals surface area contributed by atoms with E-state index in [9.17, 15) is 4.39 Å². The fourth-order valence-electron chi connectivity index (χ4n) is 1.54. The molecule has 4 nitrogen and oxygen atoms in total. The summed E-state index contributed by atoms with van der Waals surface area (Å²) in [5.41, 5.74) is 1.05. The van der Waals surface area contributed by atoms with Crippen molar-refractivity contribution in [1.82, 2.24) is 20.2 Å². The van der Waals surface area contributed by atoms with E-state index in [-0.39, 0.29) is 11.9 Å². The van der Waals surface area contributed by atoms with Crippen LogP contribution in [0, 0.1) is 10.6 Å². The number of hydrogen-bond acceptors (Lipinski definition) is 3. The summed E-state index contributed by atoms with van der Waals surface area (Å²) in [4.78, 5) is 0. The molecule has 1 unspecified atom stereocenters. The Hall–Kier alpha value is -1.56. The Morgan fingerprint density at radius 2 is 2.12 bits per heavy atom. The summed E-state index contributed by atoms with van der Waals surface area (Å²) in [7, 11) is 0. The molecule has 0 saturated carbocycles. The van der Waals surface area contributed by atoms with Crippen molar-refractivity contribution in [3.8, 4) is 0 Å². The Kier molecular flexibility index (Phi) is 3.09. The molecule has 2 rings (SSSR count). The zero-order valence-corrected chi connectivity index (χ0v) is 9.54. The van der Waals surface area contributed by atoms with Gasteiger partial charge in [0.05, 0.1) is 6.04 Å². The quantitative estimate of drug-likeness (QED) is 0.834. The molecular formula is C10H11FN4S. The summed E-state index contributed by atoms with van der Waals surface area (Å²) in [6, 6.07) is 6.55. The Bertz CT molecular complexity index is 516. The van der Waals surface area contributed by atoms with Crippen molar-refractivity contribution in [2.45, 2.75) is 19.4 Å². The van der Waals surface area contributed by atoms with Crippen LogP contribution in [-0.2, 0) is 6.42 Å². The summed E-state index contributed by atoms with van der Waals surface area (Å²) in [5, 5.41) is 10.0. The molecule has 84 valence electrons. The van der Waals surface area contributed by atoms with Crippen molar-refractivity contribution in [2.24, 2.45) is 0 Å². The smallest absolute Gasteiger partial charge is 0.238 e. The molecule has 0 spiro atoms. The van der Waals surface area contributed by atoms with Crippen LogP contribution in [0.5, 0.6) is 0 Å². The maximum atomic E-state index is 12.7. The lowest BCUT2D eigenvalue weighted by atomic mass is 10.1. The van der Waals surface area contributed by atoms with E-state index in [1.807, 2.05) is 6.92 Å². The first-order chi connectivity index (χ1) is 7.66. The summed E-state index contributed by atoms with van der Waals surface area (Å²) in [6.45, 7) is 2.00. The molecule has 16 heavy (non-hydrogen) atoms. The maximum absolute atomic E-state index is 12.7. The largest absolute Gasteiger partial charge is 0.239 e. The van der Waals surface area contributed by atoms with Gasteiger partial charge in [-0.05, 0) is 43.3 Å². The van der Waals surface area contributed by atoms with Gasteiger partial charge >= 0.3 is 0 Å². The summed E-state index contributed by atoms with van der Waals surface area (Å²) >= 11 is 5.00. The Morgan fingerprint density at radius 1 is 1.44 bits per heavy atom. The Labute approximate surface area is 97.1 Å². The number of rotatable bonds is 3. The number of benzene rings is 1. The predicted octanol–water partition coefficient (Wildman–Crippen LogP) is 2.28. The molecule has 1 atom stereocenters. The summed E-state index contributed by atoms with van der Waals surface area (Å²) in [6.07, 6.45) is 0.748. The number of nitrogens with one attached hydrogen (secondary N) is 1. The highest BCUT2D eigenvalue weighted by Gasteiger charge is 2.08. The van der Waals surface area contributed by atoms with Crippen LogP contribution in [0.4, 0.5) is 4.39 Å². The molecule has 1 aromatic carbocycles. The van der Waals surface area contributed by atoms with Gasteiger partial charge in [0.25, 0.3) is 0 Å². The van der Waals surface area contributed by atoms with Crippen molar-refractivity contribution in [3.63, 3.8) is 0 Å². The van der Waals surface area contributed by atoms with Crippen LogP contribution >= 0.6 is 12.2 Å². The second kappa shape index (κ2) is 4.52. The van der Waals surface area contributed by atoms with Crippen molar-refractivity contribution in [2.75, 3.05) is 0 Å². The van der Waals surface area contributed by atoms with Crippen LogP contribution in [0.15, 0.2) is 24.3 Å². The minimum absolute atomic E-state index is 0.118. The molecule has 6 heteroatoms. The van der Waals surface area contributed by atoms with Crippen molar-refractivity contribution in [1.29, 1.82) is 0 Å². The van der Waals surface area contributed by atoms with Crippen LogP contribution in [0.1, 0.15) is 18.5 Å². The molecule has 1 N–H and O–H groups in total. The van der Waals surface area contributed by atoms with Gasteiger partial charge < -0.3 is 0 Å². The number of H-pyrrole nitrogens is 1. The minimum Gasteiger partial charge on any atom is -0.239 e. The number of halogens is 1. The minimum atomic E-state index is -0.226. The lowest BCUT2D eigenvalue weighted by Gasteiger charge is -2.11. The van der Waals surface area contributed by atoms with E-state index in [1.54, 1.807) is 16.8 Å². The van der Waals surface area contributed by atoms with E-state index in [4.69, 9.17) is 12.2 Å². The number of tetrazole rings is 1. The first kappa shape index (κ1) is 10.9. The molecule has 0 radical (unpaired) electrons. The molecule has 0 aliphatic carbocycles. The van der Waals surface area contributed by atoms with Crippen LogP contribution < -0.4 is 0 Å². The van der Waals surface area contributed by atoms with Gasteiger partial charge in [0.1, 0.15) is 5.82 Å². The van der Waals surface area contributed by atoms with E-state index in [0.717, 1.165) is 12.0 Å². The predicted molar refractivity (Wildman–Crippen MR) is 60.0 cm³/mol. The number of nitrogens with zero attached hydrogens (tertiary/aromatic N) is 3. The molecule has 0 aliphatic heterocycles. The summed E-state index contributed by atoms with van der Waals surface area (Å²) < 4.78 is 14.8. The Morgan fingerprint density at radius 3 is 2.69 bits per heavy atom. The fraction of sp³-hybridized carbons (Fsp3) is 0.300. The fourth-order valence-corrected chi connectivity index (χ4v) is 1.81. The van der Waals surface area contributed by atoms with Gasteiger partial charge in [0.2, 0.25) is 4.77 Å². The van der Waals surface area contributed by atoms with Gasteiger partial charge in [-0.15, -0.1) is 0 Å². The zero-order valence-electron chi connectivity index (χ0n) is 8.72. The van der Waals surface area contributed by atoms with E-state index in [1.165, 1.54) is 12.1 Å².